The number of rotatable bonds is 6. The molecule has 0 saturated heterocycles. The van der Waals surface area contributed by atoms with Crippen LogP contribution in [0.4, 0.5) is 5.69 Å². The molecule has 7 nitrogen and oxygen atoms in total. The predicted octanol–water partition coefficient (Wildman–Crippen LogP) is 2.82. The number of para-hydroxylation sites is 3. The van der Waals surface area contributed by atoms with Crippen molar-refractivity contribution < 1.29 is 14.7 Å². The number of hydrogen-bond acceptors (Lipinski definition) is 3. The Morgan fingerprint density at radius 3 is 2.28 bits per heavy atom. The Hall–Kier alpha value is -3.35. The van der Waals surface area contributed by atoms with Gasteiger partial charge in [-0.3, -0.25) is 18.7 Å². The number of carbonyl (C=O) groups excluding carboxylic acids is 1. The van der Waals surface area contributed by atoms with E-state index >= 15 is 0 Å². The molecule has 0 spiro atoms. The molecule has 1 amide bonds. The Labute approximate surface area is 167 Å². The molecule has 1 N–H and O–H groups in total. The van der Waals surface area contributed by atoms with Crippen molar-refractivity contribution in [3.8, 4) is 0 Å². The average molecular weight is 393 g/mol. The molecule has 0 aliphatic carbocycles. The van der Waals surface area contributed by atoms with Gasteiger partial charge in [-0.2, -0.15) is 0 Å². The highest BCUT2D eigenvalue weighted by Crippen LogP contribution is 2.36. The van der Waals surface area contributed by atoms with Crippen molar-refractivity contribution in [3.63, 3.8) is 0 Å². The molecule has 1 atom stereocenters. The highest BCUT2D eigenvalue weighted by Gasteiger charge is 2.36. The first kappa shape index (κ1) is 19.0. The van der Waals surface area contributed by atoms with E-state index in [0.29, 0.717) is 17.8 Å². The number of imidazole rings is 1. The minimum atomic E-state index is -0.938. The molecule has 0 saturated carbocycles. The molecule has 1 aliphatic rings. The summed E-state index contributed by atoms with van der Waals surface area (Å²) in [6, 6.07) is 14.7. The van der Waals surface area contributed by atoms with Crippen LogP contribution in [0.1, 0.15) is 31.2 Å². The van der Waals surface area contributed by atoms with Crippen molar-refractivity contribution in [3.05, 3.63) is 64.6 Å². The SMILES string of the molecule is CCCn1c(=O)n(CCC(=O)N2CC(C(=O)O)c3ccccc32)c2ccccc21. The molecular formula is C22H23N3O4. The van der Waals surface area contributed by atoms with Crippen molar-refractivity contribution in [2.45, 2.75) is 38.8 Å². The summed E-state index contributed by atoms with van der Waals surface area (Å²) in [4.78, 5) is 38.9. The molecule has 1 unspecified atom stereocenters. The maximum Gasteiger partial charge on any atom is 0.329 e. The normalized spacial score (nSPS) is 15.6. The van der Waals surface area contributed by atoms with Gasteiger partial charge in [0.25, 0.3) is 0 Å². The lowest BCUT2D eigenvalue weighted by Gasteiger charge is -2.17. The van der Waals surface area contributed by atoms with E-state index in [-0.39, 0.29) is 31.1 Å². The second-order valence-corrected chi connectivity index (χ2v) is 7.28. The molecule has 2 aromatic carbocycles. The fourth-order valence-electron chi connectivity index (χ4n) is 4.13. The number of carbonyl (C=O) groups is 2. The van der Waals surface area contributed by atoms with Gasteiger partial charge < -0.3 is 10.0 Å². The molecule has 1 aromatic heterocycles. The number of carboxylic acids is 1. The summed E-state index contributed by atoms with van der Waals surface area (Å²) in [6.45, 7) is 3.02. The van der Waals surface area contributed by atoms with Crippen LogP contribution in [0, 0.1) is 0 Å². The Kier molecular flexibility index (Phi) is 4.96. The number of amides is 1. The van der Waals surface area contributed by atoms with Gasteiger partial charge in [0.05, 0.1) is 11.0 Å². The summed E-state index contributed by atoms with van der Waals surface area (Å²) in [7, 11) is 0. The second-order valence-electron chi connectivity index (χ2n) is 7.28. The molecule has 0 radical (unpaired) electrons. The number of fused-ring (bicyclic) bond motifs is 2. The van der Waals surface area contributed by atoms with Gasteiger partial charge >= 0.3 is 11.7 Å². The van der Waals surface area contributed by atoms with Crippen LogP contribution < -0.4 is 10.6 Å². The summed E-state index contributed by atoms with van der Waals surface area (Å²) >= 11 is 0. The summed E-state index contributed by atoms with van der Waals surface area (Å²) < 4.78 is 3.38. The minimum Gasteiger partial charge on any atom is -0.481 e. The van der Waals surface area contributed by atoms with Gasteiger partial charge in [0, 0.05) is 31.7 Å². The van der Waals surface area contributed by atoms with Crippen LogP contribution in [-0.2, 0) is 22.7 Å². The third kappa shape index (κ3) is 3.22. The number of benzene rings is 2. The number of anilines is 1. The summed E-state index contributed by atoms with van der Waals surface area (Å²) in [6.07, 6.45) is 0.967. The zero-order valence-electron chi connectivity index (χ0n) is 16.2. The molecule has 2 heterocycles. The van der Waals surface area contributed by atoms with E-state index in [1.807, 2.05) is 31.2 Å². The monoisotopic (exact) mass is 393 g/mol. The largest absolute Gasteiger partial charge is 0.481 e. The second kappa shape index (κ2) is 7.58. The Bertz CT molecular complexity index is 1140. The van der Waals surface area contributed by atoms with E-state index in [1.165, 1.54) is 4.90 Å². The van der Waals surface area contributed by atoms with Gasteiger partial charge in [-0.25, -0.2) is 4.79 Å². The van der Waals surface area contributed by atoms with Crippen LogP contribution in [0.2, 0.25) is 0 Å². The van der Waals surface area contributed by atoms with Gasteiger partial charge in [-0.05, 0) is 30.2 Å². The Morgan fingerprint density at radius 2 is 1.62 bits per heavy atom. The van der Waals surface area contributed by atoms with Gasteiger partial charge in [0.15, 0.2) is 0 Å². The van der Waals surface area contributed by atoms with Gasteiger partial charge in [-0.1, -0.05) is 37.3 Å². The van der Waals surface area contributed by atoms with Crippen LogP contribution in [0.15, 0.2) is 53.3 Å². The van der Waals surface area contributed by atoms with Crippen LogP contribution in [0.5, 0.6) is 0 Å². The summed E-state index contributed by atoms with van der Waals surface area (Å²) in [5.74, 6) is -1.84. The predicted molar refractivity (Wildman–Crippen MR) is 110 cm³/mol. The Balaban J connectivity index is 1.59. The summed E-state index contributed by atoms with van der Waals surface area (Å²) in [5.41, 5.74) is 2.86. The first-order valence-electron chi connectivity index (χ1n) is 9.83. The number of aromatic nitrogens is 2. The highest BCUT2D eigenvalue weighted by molar-refractivity contribution is 5.99. The van der Waals surface area contributed by atoms with Crippen molar-refractivity contribution >= 4 is 28.6 Å². The van der Waals surface area contributed by atoms with Gasteiger partial charge in [-0.15, -0.1) is 0 Å². The maximum atomic E-state index is 12.9. The van der Waals surface area contributed by atoms with E-state index < -0.39 is 11.9 Å². The zero-order valence-corrected chi connectivity index (χ0v) is 16.2. The van der Waals surface area contributed by atoms with Crippen molar-refractivity contribution in [2.24, 2.45) is 0 Å². The molecule has 7 heteroatoms. The third-order valence-electron chi connectivity index (χ3n) is 5.49. The van der Waals surface area contributed by atoms with Crippen LogP contribution in [-0.4, -0.2) is 32.7 Å². The smallest absolute Gasteiger partial charge is 0.329 e. The molecule has 1 aliphatic heterocycles. The molecular weight excluding hydrogens is 370 g/mol. The standard InChI is InChI=1S/C22H23N3O4/c1-2-12-23-18-9-5-6-10-19(18)24(22(23)29)13-11-20(26)25-14-16(21(27)28)15-7-3-4-8-17(15)25/h3-10,16H,2,11-14H2,1H3,(H,27,28). The van der Waals surface area contributed by atoms with Gasteiger partial charge in [0.1, 0.15) is 5.92 Å². The first-order valence-corrected chi connectivity index (χ1v) is 9.83. The molecule has 0 fully saturated rings. The molecule has 29 heavy (non-hydrogen) atoms. The fourth-order valence-corrected chi connectivity index (χ4v) is 4.13. The van der Waals surface area contributed by atoms with Crippen molar-refractivity contribution in [2.75, 3.05) is 11.4 Å². The first-order chi connectivity index (χ1) is 14.0. The van der Waals surface area contributed by atoms with E-state index in [9.17, 15) is 19.5 Å². The lowest BCUT2D eigenvalue weighted by molar-refractivity contribution is -0.138. The number of aryl methyl sites for hydroxylation is 2. The van der Waals surface area contributed by atoms with Crippen molar-refractivity contribution in [1.82, 2.24) is 9.13 Å². The topological polar surface area (TPSA) is 84.5 Å². The fraction of sp³-hybridized carbons (Fsp3) is 0.318. The molecule has 3 aromatic rings. The maximum absolute atomic E-state index is 12.9. The number of hydrogen-bond donors (Lipinski definition) is 1. The average Bonchev–Trinajstić information content (AvgIpc) is 3.23. The number of aliphatic carboxylic acids is 1. The van der Waals surface area contributed by atoms with E-state index in [1.54, 1.807) is 33.4 Å². The highest BCUT2D eigenvalue weighted by atomic mass is 16.4. The quantitative estimate of drug-likeness (QED) is 0.698. The minimum absolute atomic E-state index is 0.119. The van der Waals surface area contributed by atoms with Gasteiger partial charge in [0.2, 0.25) is 5.91 Å². The van der Waals surface area contributed by atoms with Crippen molar-refractivity contribution in [1.29, 1.82) is 0 Å². The van der Waals surface area contributed by atoms with E-state index in [0.717, 1.165) is 17.5 Å². The molecule has 4 rings (SSSR count). The van der Waals surface area contributed by atoms with E-state index in [4.69, 9.17) is 0 Å². The molecule has 150 valence electrons. The van der Waals surface area contributed by atoms with Crippen LogP contribution in [0.25, 0.3) is 11.0 Å². The van der Waals surface area contributed by atoms with Crippen LogP contribution >= 0.6 is 0 Å². The van der Waals surface area contributed by atoms with E-state index in [2.05, 4.69) is 0 Å². The number of carboxylic acid groups (broad SMARTS) is 1. The lowest BCUT2D eigenvalue weighted by Crippen LogP contribution is -2.33. The third-order valence-corrected chi connectivity index (χ3v) is 5.49. The number of nitrogens with zero attached hydrogens (tertiary/aromatic N) is 3. The molecule has 0 bridgehead atoms. The van der Waals surface area contributed by atoms with Crippen LogP contribution in [0.3, 0.4) is 0 Å². The Morgan fingerprint density at radius 1 is 1.00 bits per heavy atom. The zero-order chi connectivity index (χ0) is 20.5. The summed E-state index contributed by atoms with van der Waals surface area (Å²) in [5, 5.41) is 9.49. The lowest BCUT2D eigenvalue weighted by atomic mass is 10.0.